The van der Waals surface area contributed by atoms with Crippen LogP contribution in [0.25, 0.3) is 0 Å². The molecule has 0 radical (unpaired) electrons. The van der Waals surface area contributed by atoms with E-state index in [0.717, 1.165) is 18.7 Å². The highest BCUT2D eigenvalue weighted by Gasteiger charge is 2.22. The summed E-state index contributed by atoms with van der Waals surface area (Å²) in [6, 6.07) is 4.12. The van der Waals surface area contributed by atoms with E-state index in [2.05, 4.69) is 17.6 Å². The Balaban J connectivity index is 1.89. The van der Waals surface area contributed by atoms with Gasteiger partial charge in [-0.1, -0.05) is 6.58 Å². The van der Waals surface area contributed by atoms with Gasteiger partial charge in [-0.05, 0) is 36.6 Å². The molecule has 1 saturated heterocycles. The molecule has 1 unspecified atom stereocenters. The lowest BCUT2D eigenvalue weighted by atomic mass is 10.1. The van der Waals surface area contributed by atoms with E-state index in [1.807, 2.05) is 31.3 Å². The summed E-state index contributed by atoms with van der Waals surface area (Å²) in [6.45, 7) is 5.44. The molecule has 2 heterocycles. The van der Waals surface area contributed by atoms with E-state index >= 15 is 0 Å². The molecule has 0 spiro atoms. The number of amides is 1. The van der Waals surface area contributed by atoms with E-state index in [1.165, 1.54) is 11.6 Å². The highest BCUT2D eigenvalue weighted by Crippen LogP contribution is 2.15. The van der Waals surface area contributed by atoms with Gasteiger partial charge in [0, 0.05) is 33.4 Å². The Morgan fingerprint density at radius 2 is 2.43 bits per heavy atom. The largest absolute Gasteiger partial charge is 0.375 e. The van der Waals surface area contributed by atoms with E-state index < -0.39 is 0 Å². The molecule has 0 aromatic carbocycles. The number of nitrogens with zero attached hydrogens (tertiary/aromatic N) is 3. The molecule has 0 bridgehead atoms. The van der Waals surface area contributed by atoms with Crippen molar-refractivity contribution < 1.29 is 9.53 Å². The maximum Gasteiger partial charge on any atom is 0.246 e. The van der Waals surface area contributed by atoms with Crippen molar-refractivity contribution in [3.05, 3.63) is 36.5 Å². The monoisotopic (exact) mass is 289 g/mol. The third-order valence-electron chi connectivity index (χ3n) is 3.65. The summed E-state index contributed by atoms with van der Waals surface area (Å²) in [5.41, 5.74) is 1.24. The minimum absolute atomic E-state index is 0.0119. The highest BCUT2D eigenvalue weighted by molar-refractivity contribution is 5.87. The maximum atomic E-state index is 11.6. The molecule has 1 aromatic rings. The molecule has 114 valence electrons. The molecule has 0 aliphatic carbocycles. The Labute approximate surface area is 126 Å². The molecule has 1 amide bonds. The zero-order valence-corrected chi connectivity index (χ0v) is 12.8. The normalized spacial score (nSPS) is 18.4. The van der Waals surface area contributed by atoms with Gasteiger partial charge in [0.2, 0.25) is 5.91 Å². The second-order valence-corrected chi connectivity index (χ2v) is 5.44. The number of morpholine rings is 1. The number of aromatic nitrogens is 1. The van der Waals surface area contributed by atoms with Crippen LogP contribution in [0.4, 0.5) is 5.82 Å². The van der Waals surface area contributed by atoms with Crippen molar-refractivity contribution in [2.24, 2.45) is 0 Å². The van der Waals surface area contributed by atoms with Crippen LogP contribution in [0.3, 0.4) is 0 Å². The van der Waals surface area contributed by atoms with Crippen LogP contribution in [0.1, 0.15) is 12.0 Å². The molecular weight excluding hydrogens is 266 g/mol. The number of aryl methyl sites for hydroxylation is 1. The zero-order valence-electron chi connectivity index (χ0n) is 12.8. The number of rotatable bonds is 5. The Morgan fingerprint density at radius 1 is 1.62 bits per heavy atom. The molecule has 1 fully saturated rings. The minimum atomic E-state index is -0.0119. The number of ether oxygens (including phenoxy) is 1. The highest BCUT2D eigenvalue weighted by atomic mass is 16.5. The van der Waals surface area contributed by atoms with Crippen LogP contribution in [0.15, 0.2) is 31.0 Å². The Hall–Kier alpha value is -1.88. The second kappa shape index (κ2) is 7.22. The average Bonchev–Trinajstić information content (AvgIpc) is 2.52. The lowest BCUT2D eigenvalue weighted by Crippen LogP contribution is -2.45. The van der Waals surface area contributed by atoms with Crippen molar-refractivity contribution in [2.75, 3.05) is 38.7 Å². The van der Waals surface area contributed by atoms with Crippen LogP contribution in [0.5, 0.6) is 0 Å². The van der Waals surface area contributed by atoms with Crippen molar-refractivity contribution in [3.8, 4) is 0 Å². The first-order chi connectivity index (χ1) is 10.1. The summed E-state index contributed by atoms with van der Waals surface area (Å²) in [5, 5.41) is 0. The van der Waals surface area contributed by atoms with Gasteiger partial charge in [0.1, 0.15) is 5.82 Å². The second-order valence-electron chi connectivity index (χ2n) is 5.44. The van der Waals surface area contributed by atoms with Gasteiger partial charge in [0.25, 0.3) is 0 Å². The SMILES string of the molecule is C=CC(=O)N1CCOC(CCc2ccnc(N(C)C)c2)C1. The molecule has 1 atom stereocenters. The molecule has 0 N–H and O–H groups in total. The standard InChI is InChI=1S/C16H23N3O2/c1-4-16(20)19-9-10-21-14(12-19)6-5-13-7-8-17-15(11-13)18(2)3/h4,7-8,11,14H,1,5-6,9-10,12H2,2-3H3. The van der Waals surface area contributed by atoms with Crippen LogP contribution < -0.4 is 4.90 Å². The molecule has 1 aliphatic rings. The Bertz CT molecular complexity index is 502. The van der Waals surface area contributed by atoms with Gasteiger partial charge in [-0.15, -0.1) is 0 Å². The van der Waals surface area contributed by atoms with Crippen LogP contribution in [0, 0.1) is 0 Å². The third-order valence-corrected chi connectivity index (χ3v) is 3.65. The predicted molar refractivity (Wildman–Crippen MR) is 83.4 cm³/mol. The van der Waals surface area contributed by atoms with Crippen molar-refractivity contribution in [1.82, 2.24) is 9.88 Å². The van der Waals surface area contributed by atoms with Gasteiger partial charge >= 0.3 is 0 Å². The van der Waals surface area contributed by atoms with Crippen molar-refractivity contribution in [3.63, 3.8) is 0 Å². The molecule has 1 aliphatic heterocycles. The van der Waals surface area contributed by atoms with Gasteiger partial charge in [0.15, 0.2) is 0 Å². The van der Waals surface area contributed by atoms with Crippen LogP contribution in [-0.2, 0) is 16.0 Å². The molecule has 5 heteroatoms. The lowest BCUT2D eigenvalue weighted by Gasteiger charge is -2.32. The summed E-state index contributed by atoms with van der Waals surface area (Å²) in [6.07, 6.45) is 5.12. The number of hydrogen-bond donors (Lipinski definition) is 0. The van der Waals surface area contributed by atoms with Gasteiger partial charge in [-0.25, -0.2) is 4.98 Å². The fourth-order valence-electron chi connectivity index (χ4n) is 2.41. The van der Waals surface area contributed by atoms with E-state index in [-0.39, 0.29) is 12.0 Å². The Kier molecular flexibility index (Phi) is 5.33. The molecular formula is C16H23N3O2. The smallest absolute Gasteiger partial charge is 0.246 e. The Morgan fingerprint density at radius 3 is 3.14 bits per heavy atom. The minimum Gasteiger partial charge on any atom is -0.375 e. The number of carbonyl (C=O) groups is 1. The summed E-state index contributed by atoms with van der Waals surface area (Å²) in [7, 11) is 3.96. The number of anilines is 1. The van der Waals surface area contributed by atoms with Crippen LogP contribution in [-0.4, -0.2) is 55.7 Å². The summed E-state index contributed by atoms with van der Waals surface area (Å²) < 4.78 is 5.75. The first kappa shape index (κ1) is 15.5. The number of pyridine rings is 1. The predicted octanol–water partition coefficient (Wildman–Crippen LogP) is 1.49. The van der Waals surface area contributed by atoms with Gasteiger partial charge < -0.3 is 14.5 Å². The molecule has 2 rings (SSSR count). The molecule has 1 aromatic heterocycles. The summed E-state index contributed by atoms with van der Waals surface area (Å²) >= 11 is 0. The van der Waals surface area contributed by atoms with Crippen molar-refractivity contribution >= 4 is 11.7 Å². The molecule has 0 saturated carbocycles. The lowest BCUT2D eigenvalue weighted by molar-refractivity contribution is -0.133. The molecule has 5 nitrogen and oxygen atoms in total. The first-order valence-corrected chi connectivity index (χ1v) is 7.25. The van der Waals surface area contributed by atoms with E-state index in [9.17, 15) is 4.79 Å². The van der Waals surface area contributed by atoms with Crippen molar-refractivity contribution in [1.29, 1.82) is 0 Å². The topological polar surface area (TPSA) is 45.7 Å². The number of carbonyl (C=O) groups excluding carboxylic acids is 1. The summed E-state index contributed by atoms with van der Waals surface area (Å²) in [4.78, 5) is 19.8. The van der Waals surface area contributed by atoms with Gasteiger partial charge in [-0.2, -0.15) is 0 Å². The first-order valence-electron chi connectivity index (χ1n) is 7.25. The fraction of sp³-hybridized carbons (Fsp3) is 0.500. The average molecular weight is 289 g/mol. The van der Waals surface area contributed by atoms with E-state index in [4.69, 9.17) is 4.74 Å². The number of hydrogen-bond acceptors (Lipinski definition) is 4. The van der Waals surface area contributed by atoms with Crippen LogP contribution in [0.2, 0.25) is 0 Å². The van der Waals surface area contributed by atoms with E-state index in [1.54, 1.807) is 4.90 Å². The molecule has 21 heavy (non-hydrogen) atoms. The van der Waals surface area contributed by atoms with E-state index in [0.29, 0.717) is 19.7 Å². The van der Waals surface area contributed by atoms with Gasteiger partial charge in [-0.3, -0.25) is 4.79 Å². The van der Waals surface area contributed by atoms with Crippen molar-refractivity contribution in [2.45, 2.75) is 18.9 Å². The zero-order chi connectivity index (χ0) is 15.2. The quantitative estimate of drug-likeness (QED) is 0.771. The fourth-order valence-corrected chi connectivity index (χ4v) is 2.41. The summed E-state index contributed by atoms with van der Waals surface area (Å²) in [5.74, 6) is 0.947. The van der Waals surface area contributed by atoms with Crippen LogP contribution >= 0.6 is 0 Å². The maximum absolute atomic E-state index is 11.6. The van der Waals surface area contributed by atoms with Gasteiger partial charge in [0.05, 0.1) is 12.7 Å². The third kappa shape index (κ3) is 4.29.